The summed E-state index contributed by atoms with van der Waals surface area (Å²) in [5.41, 5.74) is 2.43. The number of piperazine rings is 1. The van der Waals surface area contributed by atoms with Crippen molar-refractivity contribution < 1.29 is 14.3 Å². The Morgan fingerprint density at radius 3 is 2.50 bits per heavy atom. The Bertz CT molecular complexity index is 1320. The van der Waals surface area contributed by atoms with E-state index in [1.165, 1.54) is 0 Å². The van der Waals surface area contributed by atoms with Crippen LogP contribution < -0.4 is 19.9 Å². The van der Waals surface area contributed by atoms with Crippen LogP contribution in [0.5, 0.6) is 5.75 Å². The molecule has 1 N–H and O–H groups in total. The first-order chi connectivity index (χ1) is 17.4. The van der Waals surface area contributed by atoms with Crippen LogP contribution >= 0.6 is 11.6 Å². The number of nitrogens with one attached hydrogen (secondary N) is 1. The monoisotopic (exact) mass is 502 g/mol. The molecule has 0 aromatic heterocycles. The van der Waals surface area contributed by atoms with Crippen LogP contribution in [0.25, 0.3) is 0 Å². The third-order valence-electron chi connectivity index (χ3n) is 7.29. The van der Waals surface area contributed by atoms with Crippen LogP contribution in [0.2, 0.25) is 5.02 Å². The number of nitrogens with zero attached hydrogens (tertiary/aromatic N) is 3. The molecule has 2 bridgehead atoms. The predicted molar refractivity (Wildman–Crippen MR) is 140 cm³/mol. The molecule has 3 aromatic rings. The van der Waals surface area contributed by atoms with Gasteiger partial charge < -0.3 is 19.9 Å². The molecule has 0 aliphatic carbocycles. The number of hydrogen-bond donors (Lipinski definition) is 1. The molecule has 36 heavy (non-hydrogen) atoms. The molecular formula is C28H27ClN4O3. The number of ether oxygens (including phenoxy) is 1. The van der Waals surface area contributed by atoms with Crippen molar-refractivity contribution in [1.29, 1.82) is 0 Å². The van der Waals surface area contributed by atoms with Gasteiger partial charge in [0, 0.05) is 54.4 Å². The van der Waals surface area contributed by atoms with Crippen molar-refractivity contribution in [3.8, 4) is 5.75 Å². The molecule has 3 aliphatic rings. The lowest BCUT2D eigenvalue weighted by Crippen LogP contribution is -2.65. The second kappa shape index (κ2) is 8.75. The lowest BCUT2D eigenvalue weighted by molar-refractivity contribution is 0.0378. The third-order valence-corrected chi connectivity index (χ3v) is 7.54. The largest absolute Gasteiger partial charge is 0.467 e. The van der Waals surface area contributed by atoms with E-state index in [4.69, 9.17) is 16.3 Å². The van der Waals surface area contributed by atoms with Gasteiger partial charge in [-0.05, 0) is 55.5 Å². The lowest BCUT2D eigenvalue weighted by Gasteiger charge is -2.50. The molecule has 0 spiro atoms. The first-order valence-corrected chi connectivity index (χ1v) is 12.6. The van der Waals surface area contributed by atoms with Gasteiger partial charge in [-0.3, -0.25) is 9.69 Å². The summed E-state index contributed by atoms with van der Waals surface area (Å²) in [6.45, 7) is 4.66. The summed E-state index contributed by atoms with van der Waals surface area (Å²) in [4.78, 5) is 32.4. The highest BCUT2D eigenvalue weighted by atomic mass is 35.5. The first-order valence-electron chi connectivity index (χ1n) is 12.2. The van der Waals surface area contributed by atoms with E-state index < -0.39 is 5.72 Å². The minimum atomic E-state index is -0.854. The molecule has 6 rings (SSSR count). The molecule has 3 aromatic carbocycles. The maximum absolute atomic E-state index is 13.4. The summed E-state index contributed by atoms with van der Waals surface area (Å²) >= 11 is 6.01. The zero-order chi connectivity index (χ0) is 24.9. The Morgan fingerprint density at radius 2 is 1.72 bits per heavy atom. The summed E-state index contributed by atoms with van der Waals surface area (Å²) in [6.07, 6.45) is 0.612. The van der Waals surface area contributed by atoms with Crippen LogP contribution in [-0.4, -0.2) is 48.7 Å². The Morgan fingerprint density at radius 1 is 0.972 bits per heavy atom. The summed E-state index contributed by atoms with van der Waals surface area (Å²) < 4.78 is 6.36. The molecule has 3 amide bonds. The number of carbonyl (C=O) groups is 2. The second-order valence-electron chi connectivity index (χ2n) is 9.66. The molecule has 0 radical (unpaired) electrons. The van der Waals surface area contributed by atoms with Gasteiger partial charge in [0.15, 0.2) is 5.72 Å². The van der Waals surface area contributed by atoms with Gasteiger partial charge in [-0.15, -0.1) is 0 Å². The third kappa shape index (κ3) is 3.93. The first kappa shape index (κ1) is 22.7. The fourth-order valence-corrected chi connectivity index (χ4v) is 5.62. The fraction of sp³-hybridized carbons (Fsp3) is 0.286. The van der Waals surface area contributed by atoms with E-state index >= 15 is 0 Å². The van der Waals surface area contributed by atoms with Crippen molar-refractivity contribution in [2.75, 3.05) is 36.0 Å². The average molecular weight is 503 g/mol. The van der Waals surface area contributed by atoms with E-state index in [9.17, 15) is 9.59 Å². The van der Waals surface area contributed by atoms with E-state index in [0.717, 1.165) is 30.1 Å². The van der Waals surface area contributed by atoms with Crippen molar-refractivity contribution in [2.45, 2.75) is 25.1 Å². The van der Waals surface area contributed by atoms with Gasteiger partial charge in [-0.1, -0.05) is 35.9 Å². The summed E-state index contributed by atoms with van der Waals surface area (Å²) in [7, 11) is 0. The highest BCUT2D eigenvalue weighted by Gasteiger charge is 2.49. The van der Waals surface area contributed by atoms with Gasteiger partial charge in [-0.2, -0.15) is 0 Å². The van der Waals surface area contributed by atoms with Gasteiger partial charge >= 0.3 is 6.03 Å². The summed E-state index contributed by atoms with van der Waals surface area (Å²) in [5.74, 6) is 0.731. The molecule has 2 fully saturated rings. The van der Waals surface area contributed by atoms with E-state index in [0.29, 0.717) is 35.8 Å². The van der Waals surface area contributed by atoms with E-state index in [1.807, 2.05) is 72.5 Å². The average Bonchev–Trinajstić information content (AvgIpc) is 2.88. The minimum absolute atomic E-state index is 0.0389. The topological polar surface area (TPSA) is 65.1 Å². The van der Waals surface area contributed by atoms with Crippen LogP contribution in [0.15, 0.2) is 72.8 Å². The Hall–Kier alpha value is -3.71. The van der Waals surface area contributed by atoms with Crippen LogP contribution in [0.1, 0.15) is 35.3 Å². The molecule has 0 saturated carbocycles. The van der Waals surface area contributed by atoms with Crippen LogP contribution in [-0.2, 0) is 0 Å². The van der Waals surface area contributed by atoms with Crippen molar-refractivity contribution in [1.82, 2.24) is 10.2 Å². The number of anilines is 2. The number of rotatable bonds is 3. The van der Waals surface area contributed by atoms with Gasteiger partial charge in [0.2, 0.25) is 0 Å². The molecule has 2 saturated heterocycles. The van der Waals surface area contributed by atoms with Gasteiger partial charge in [0.1, 0.15) is 5.75 Å². The molecule has 184 valence electrons. The van der Waals surface area contributed by atoms with Crippen LogP contribution in [0.4, 0.5) is 16.2 Å². The normalized spacial score (nSPS) is 23.0. The van der Waals surface area contributed by atoms with E-state index in [1.54, 1.807) is 17.0 Å². The minimum Gasteiger partial charge on any atom is -0.467 e. The van der Waals surface area contributed by atoms with Crippen LogP contribution in [0, 0.1) is 0 Å². The van der Waals surface area contributed by atoms with Gasteiger partial charge in [0.05, 0.1) is 11.7 Å². The standard InChI is InChI=1S/C28H27ClN4O3/c1-28-18-24(23-7-2-3-8-25(23)36-28)30-27(35)33(28)22-6-4-5-19(17-22)26(34)32-15-13-31(14-16-32)21-11-9-20(29)10-12-21/h2-12,17,24H,13-16,18H2,1H3,(H,30,35). The maximum Gasteiger partial charge on any atom is 0.325 e. The molecule has 3 aliphatic heterocycles. The smallest absolute Gasteiger partial charge is 0.325 e. The molecule has 7 nitrogen and oxygen atoms in total. The van der Waals surface area contributed by atoms with Gasteiger partial charge in [-0.25, -0.2) is 4.79 Å². The van der Waals surface area contributed by atoms with Crippen molar-refractivity contribution >= 4 is 34.9 Å². The second-order valence-corrected chi connectivity index (χ2v) is 10.1. The molecule has 3 heterocycles. The quantitative estimate of drug-likeness (QED) is 0.543. The predicted octanol–water partition coefficient (Wildman–Crippen LogP) is 5.07. The van der Waals surface area contributed by atoms with E-state index in [2.05, 4.69) is 10.2 Å². The van der Waals surface area contributed by atoms with Crippen molar-refractivity contribution in [3.05, 3.63) is 88.9 Å². The van der Waals surface area contributed by atoms with Crippen LogP contribution in [0.3, 0.4) is 0 Å². The molecule has 2 atom stereocenters. The SMILES string of the molecule is CC12CC(NC(=O)N1c1cccc(C(=O)N3CCN(c4ccc(Cl)cc4)CC3)c1)c1ccccc1O2. The highest BCUT2D eigenvalue weighted by Crippen LogP contribution is 2.45. The number of halogens is 1. The number of urea groups is 1. The van der Waals surface area contributed by atoms with Crippen molar-refractivity contribution in [2.24, 2.45) is 0 Å². The van der Waals surface area contributed by atoms with Crippen molar-refractivity contribution in [3.63, 3.8) is 0 Å². The number of carbonyl (C=O) groups excluding carboxylic acids is 2. The Kier molecular flexibility index (Phi) is 5.52. The number of hydrogen-bond acceptors (Lipinski definition) is 4. The Balaban J connectivity index is 1.20. The molecule has 8 heteroatoms. The number of benzene rings is 3. The number of amides is 3. The zero-order valence-electron chi connectivity index (χ0n) is 20.0. The maximum atomic E-state index is 13.4. The fourth-order valence-electron chi connectivity index (χ4n) is 5.49. The summed E-state index contributed by atoms with van der Waals surface area (Å²) in [5, 5.41) is 3.82. The highest BCUT2D eigenvalue weighted by molar-refractivity contribution is 6.30. The zero-order valence-corrected chi connectivity index (χ0v) is 20.7. The number of para-hydroxylation sites is 1. The summed E-state index contributed by atoms with van der Waals surface area (Å²) in [6, 6.07) is 22.5. The number of fused-ring (bicyclic) bond motifs is 4. The molecule has 2 unspecified atom stereocenters. The Labute approximate surface area is 215 Å². The lowest BCUT2D eigenvalue weighted by atomic mass is 9.90. The van der Waals surface area contributed by atoms with Gasteiger partial charge in [0.25, 0.3) is 5.91 Å². The molecular weight excluding hydrogens is 476 g/mol. The van der Waals surface area contributed by atoms with E-state index in [-0.39, 0.29) is 18.0 Å².